The first-order valence-electron chi connectivity index (χ1n) is 45.5. The van der Waals surface area contributed by atoms with E-state index >= 15 is 0 Å². The molecule has 12 aliphatic rings. The minimum Gasteiger partial charge on any atom is -0.380 e. The van der Waals surface area contributed by atoms with E-state index in [9.17, 15) is 0 Å². The number of aromatic nitrogens is 1. The van der Waals surface area contributed by atoms with Gasteiger partial charge in [0.1, 0.15) is 0 Å². The highest BCUT2D eigenvalue weighted by Gasteiger charge is 2.09. The predicted molar refractivity (Wildman–Crippen MR) is 505 cm³/mol. The molecule has 0 N–H and O–H groups in total. The summed E-state index contributed by atoms with van der Waals surface area (Å²) in [4.78, 5) is 4.64. The van der Waals surface area contributed by atoms with Crippen LogP contribution in [0, 0.1) is 0 Å². The van der Waals surface area contributed by atoms with Gasteiger partial charge in [-0.15, -0.1) is 0 Å². The maximum atomic E-state index is 5.88. The normalized spacial score (nSPS) is 16.8. The van der Waals surface area contributed by atoms with Crippen LogP contribution in [0.15, 0.2) is 218 Å². The Labute approximate surface area is 780 Å². The molecule has 12 aliphatic heterocycles. The fourth-order valence-electron chi connectivity index (χ4n) is 12.4. The highest BCUT2D eigenvalue weighted by molar-refractivity contribution is 7.98. The molecule has 0 saturated heterocycles. The van der Waals surface area contributed by atoms with Crippen LogP contribution in [0.5, 0.6) is 0 Å². The molecule has 0 spiro atoms. The van der Waals surface area contributed by atoms with Gasteiger partial charge < -0.3 is 109 Å². The second-order valence-electron chi connectivity index (χ2n) is 30.2. The molecule has 8 aromatic carbocycles. The van der Waals surface area contributed by atoms with Gasteiger partial charge in [-0.2, -0.15) is 23.5 Å². The number of ether oxygens (including phenoxy) is 23. The molecule has 1 aromatic heterocycles. The monoisotopic (exact) mass is 1830 g/mol. The lowest BCUT2D eigenvalue weighted by atomic mass is 10.1. The van der Waals surface area contributed by atoms with Crippen molar-refractivity contribution in [3.8, 4) is 0 Å². The standard InChI is InChI=1S/C30H39NO6.C26H36O7.C24H32O6.C24H32O4S2/c1-2-32-15-16-33-17-18-34-19-20-35-21-27-11-13-28(14-12-27)23-37-25-30-10-6-9-29(31-30)24-36-22-26-7-4-3-5-8-26;1-5-25-6-2-23(1)19-30-15-11-27-9-10-28-12-16-31-20-24-3-7-26(8-4-24)22-33-18-14-29-13-17-32-21-25;1-2-22-4-3-21(1)17-27-13-9-25-11-15-29-19-23-5-7-24(8-6-23)20-30-16-12-26-10-14-28-18-22;1-5-23-6-2-21(1)17-27-11-9-25-10-12-28-18-22-3-7-24(8-4-22)20-30-16-14-26-13-15-29-19-23/h3-14H,2,15-25H2,1H3;1-8H,9-22H2;2*1-8H,9-20H2. The average Bonchev–Trinajstić information content (AvgIpc) is 0.882. The van der Waals surface area contributed by atoms with Gasteiger partial charge in [0.25, 0.3) is 0 Å². The fourth-order valence-corrected chi connectivity index (χ4v) is 14.0. The smallest absolute Gasteiger partial charge is 0.0892 e. The van der Waals surface area contributed by atoms with Crippen LogP contribution < -0.4 is 0 Å². The second-order valence-corrected chi connectivity index (χ2v) is 32.4. The van der Waals surface area contributed by atoms with Crippen molar-refractivity contribution in [1.82, 2.24) is 4.98 Å². The number of thioether (sulfide) groups is 2. The third kappa shape index (κ3) is 53.0. The third-order valence-corrected chi connectivity index (χ3v) is 21.5. The summed E-state index contributed by atoms with van der Waals surface area (Å²) in [7, 11) is 0. The van der Waals surface area contributed by atoms with Crippen LogP contribution in [0.2, 0.25) is 0 Å². The van der Waals surface area contributed by atoms with Crippen LogP contribution in [-0.4, -0.2) is 221 Å². The van der Waals surface area contributed by atoms with Crippen molar-refractivity contribution in [2.45, 2.75) is 118 Å². The number of hydrogen-bond acceptors (Lipinski definition) is 26. The lowest BCUT2D eigenvalue weighted by molar-refractivity contribution is -0.00619. The molecule has 710 valence electrons. The third-order valence-electron chi connectivity index (χ3n) is 19.6. The first kappa shape index (κ1) is 106. The summed E-state index contributed by atoms with van der Waals surface area (Å²) in [5.41, 5.74) is 19.3. The van der Waals surface area contributed by atoms with E-state index in [4.69, 9.17) is 109 Å². The van der Waals surface area contributed by atoms with E-state index in [0.29, 0.717) is 291 Å². The average molecular weight is 1840 g/mol. The summed E-state index contributed by atoms with van der Waals surface area (Å²) < 4.78 is 129. The topological polar surface area (TPSA) is 225 Å². The van der Waals surface area contributed by atoms with E-state index < -0.39 is 0 Å². The molecule has 12 bridgehead atoms. The fraction of sp³-hybridized carbons (Fsp3) is 0.490. The quantitative estimate of drug-likeness (QED) is 0.0646. The SMILES string of the molecule is CCOCCOCCOCCOCc1ccc(COCc2cccc(COCc3ccccc3)n2)cc1.c1cc2ccc1COCCOCCOCCOCc1ccc(cc1)COCCOCCOC2.c1cc2ccc1COCCOCCOCc1ccc(cc1)COCCOCCOC2.c1cc2ccc1COCCOCCOCc1ccc(cc1)CSCCOCCSC2. The largest absolute Gasteiger partial charge is 0.380 e. The maximum Gasteiger partial charge on any atom is 0.0892 e. The Bertz CT molecular complexity index is 3720. The zero-order valence-corrected chi connectivity index (χ0v) is 77.9. The molecule has 21 rings (SSSR count). The molecule has 26 heteroatoms. The van der Waals surface area contributed by atoms with Crippen LogP contribution in [-0.2, 0) is 220 Å². The molecule has 13 heterocycles. The van der Waals surface area contributed by atoms with Gasteiger partial charge in [-0.05, 0) is 103 Å². The van der Waals surface area contributed by atoms with Gasteiger partial charge in [0.05, 0.1) is 309 Å². The van der Waals surface area contributed by atoms with E-state index in [0.717, 1.165) is 109 Å². The molecule has 0 unspecified atom stereocenters. The van der Waals surface area contributed by atoms with Gasteiger partial charge in [0, 0.05) is 29.6 Å². The molecule has 0 saturated carbocycles. The van der Waals surface area contributed by atoms with E-state index in [1.807, 2.05) is 66.8 Å². The highest BCUT2D eigenvalue weighted by atomic mass is 32.2. The number of nitrogens with zero attached hydrogens (tertiary/aromatic N) is 1. The maximum absolute atomic E-state index is 5.88. The van der Waals surface area contributed by atoms with Gasteiger partial charge in [-0.3, -0.25) is 4.98 Å². The lowest BCUT2D eigenvalue weighted by Crippen LogP contribution is -2.11. The molecular weight excluding hydrogens is 1700 g/mol. The zero-order valence-electron chi connectivity index (χ0n) is 76.3. The van der Waals surface area contributed by atoms with E-state index in [2.05, 4.69) is 187 Å². The van der Waals surface area contributed by atoms with Crippen LogP contribution in [0.3, 0.4) is 0 Å². The molecule has 9 aromatic rings. The Morgan fingerprint density at radius 1 is 0.200 bits per heavy atom. The van der Waals surface area contributed by atoms with Crippen LogP contribution in [0.1, 0.15) is 102 Å². The summed E-state index contributed by atoms with van der Waals surface area (Å²) in [5, 5.41) is 0. The molecule has 0 fully saturated rings. The highest BCUT2D eigenvalue weighted by Crippen LogP contribution is 2.19. The van der Waals surface area contributed by atoms with Crippen molar-refractivity contribution in [3.05, 3.63) is 313 Å². The van der Waals surface area contributed by atoms with Crippen LogP contribution >= 0.6 is 23.5 Å². The zero-order chi connectivity index (χ0) is 90.0. The first-order valence-corrected chi connectivity index (χ1v) is 47.8. The molecule has 0 amide bonds. The van der Waals surface area contributed by atoms with Crippen molar-refractivity contribution in [1.29, 1.82) is 0 Å². The van der Waals surface area contributed by atoms with Crippen LogP contribution in [0.25, 0.3) is 0 Å². The van der Waals surface area contributed by atoms with E-state index in [-0.39, 0.29) is 0 Å². The Balaban J connectivity index is 0.000000196. The number of hydrogen-bond donors (Lipinski definition) is 0. The Hall–Kier alpha value is -7.31. The van der Waals surface area contributed by atoms with Gasteiger partial charge >= 0.3 is 0 Å². The summed E-state index contributed by atoms with van der Waals surface area (Å²) in [6, 6.07) is 74.7. The number of pyridine rings is 1. The summed E-state index contributed by atoms with van der Waals surface area (Å²) in [6.45, 7) is 28.6. The van der Waals surface area contributed by atoms with Gasteiger partial charge in [-0.1, -0.05) is 206 Å². The van der Waals surface area contributed by atoms with Gasteiger partial charge in [0.2, 0.25) is 0 Å². The van der Waals surface area contributed by atoms with E-state index in [1.54, 1.807) is 0 Å². The minimum absolute atomic E-state index is 0.453. The van der Waals surface area contributed by atoms with Gasteiger partial charge in [0.15, 0.2) is 0 Å². The number of benzene rings is 8. The lowest BCUT2D eigenvalue weighted by Gasteiger charge is -2.10. The van der Waals surface area contributed by atoms with Crippen LogP contribution in [0.4, 0.5) is 0 Å². The number of rotatable bonds is 20. The Morgan fingerprint density at radius 2 is 0.415 bits per heavy atom. The summed E-state index contributed by atoms with van der Waals surface area (Å²) in [6.07, 6.45) is 0. The molecule has 0 atom stereocenters. The minimum atomic E-state index is 0.453. The van der Waals surface area contributed by atoms with Crippen molar-refractivity contribution in [2.24, 2.45) is 0 Å². The predicted octanol–water partition coefficient (Wildman–Crippen LogP) is 17.1. The van der Waals surface area contributed by atoms with Crippen molar-refractivity contribution in [3.63, 3.8) is 0 Å². The Kier molecular flexibility index (Phi) is 59.8. The molecular formula is C104H139NO23S2. The first-order chi connectivity index (χ1) is 64.5. The van der Waals surface area contributed by atoms with Crippen molar-refractivity contribution in [2.75, 3.05) is 216 Å². The van der Waals surface area contributed by atoms with Crippen molar-refractivity contribution >= 4 is 23.5 Å². The molecule has 0 radical (unpaired) electrons. The van der Waals surface area contributed by atoms with E-state index in [1.165, 1.54) is 22.3 Å². The summed E-state index contributed by atoms with van der Waals surface area (Å²) in [5.74, 6) is 4.09. The Morgan fingerprint density at radius 3 is 0.677 bits per heavy atom. The molecule has 24 nitrogen and oxygen atoms in total. The second kappa shape index (κ2) is 73.1. The summed E-state index contributed by atoms with van der Waals surface area (Å²) >= 11 is 3.84. The van der Waals surface area contributed by atoms with Gasteiger partial charge in [-0.25, -0.2) is 0 Å². The molecule has 0 aliphatic carbocycles. The van der Waals surface area contributed by atoms with Crippen molar-refractivity contribution < 1.29 is 109 Å². The molecule has 130 heavy (non-hydrogen) atoms.